The van der Waals surface area contributed by atoms with Crippen molar-refractivity contribution in [1.82, 2.24) is 0 Å². The number of carbonyl (C=O) groups excluding carboxylic acids is 1. The van der Waals surface area contributed by atoms with Crippen molar-refractivity contribution in [1.29, 1.82) is 0 Å². The van der Waals surface area contributed by atoms with Crippen LogP contribution in [-0.2, 0) is 6.42 Å². The number of benzene rings is 2. The van der Waals surface area contributed by atoms with Gasteiger partial charge in [0.25, 0.3) is 5.91 Å². The zero-order valence-electron chi connectivity index (χ0n) is 13.0. The Balaban J connectivity index is 2.14. The van der Waals surface area contributed by atoms with Crippen LogP contribution in [0.25, 0.3) is 5.57 Å². The van der Waals surface area contributed by atoms with Crippen molar-refractivity contribution in [3.05, 3.63) is 76.1 Å². The average molecular weight is 345 g/mol. The smallest absolute Gasteiger partial charge is 0.280 e. The largest absolute Gasteiger partial charge is 0.370 e. The van der Waals surface area contributed by atoms with Crippen LogP contribution in [-0.4, -0.2) is 11.9 Å². The molecule has 0 unspecified atom stereocenters. The van der Waals surface area contributed by atoms with Crippen LogP contribution in [0.5, 0.6) is 0 Å². The summed E-state index contributed by atoms with van der Waals surface area (Å²) in [5, 5.41) is 0. The third-order valence-electron chi connectivity index (χ3n) is 3.92. The van der Waals surface area contributed by atoms with Gasteiger partial charge in [-0.3, -0.25) is 4.79 Å². The molecule has 1 aliphatic rings. The fourth-order valence-electron chi connectivity index (χ4n) is 2.88. The fraction of sp³-hybridized carbons (Fsp3) is 0.111. The zero-order chi connectivity index (χ0) is 18.1. The minimum Gasteiger partial charge on any atom is -0.370 e. The predicted octanol–water partition coefficient (Wildman–Crippen LogP) is 2.90. The van der Waals surface area contributed by atoms with E-state index in [0.29, 0.717) is 30.5 Å². The SMILES string of the molecule is NC(N)=NC(=O)c1ccc2c(c1)C(c1c(F)cc(F)cc1F)=CCC2. The third-order valence-corrected chi connectivity index (χ3v) is 3.92. The molecule has 1 amide bonds. The van der Waals surface area contributed by atoms with Gasteiger partial charge in [0.05, 0.1) is 5.56 Å². The number of nitrogens with zero attached hydrogens (tertiary/aromatic N) is 1. The first-order chi connectivity index (χ1) is 11.9. The molecule has 4 N–H and O–H groups in total. The Morgan fingerprint density at radius 1 is 1.04 bits per heavy atom. The normalized spacial score (nSPS) is 13.0. The van der Waals surface area contributed by atoms with Gasteiger partial charge in [-0.05, 0) is 41.7 Å². The van der Waals surface area contributed by atoms with E-state index in [4.69, 9.17) is 11.5 Å². The van der Waals surface area contributed by atoms with Crippen molar-refractivity contribution in [3.8, 4) is 0 Å². The van der Waals surface area contributed by atoms with Gasteiger partial charge in [-0.15, -0.1) is 0 Å². The molecule has 0 radical (unpaired) electrons. The van der Waals surface area contributed by atoms with Crippen LogP contribution in [0, 0.1) is 17.5 Å². The molecule has 0 aliphatic heterocycles. The molecule has 2 aromatic rings. The minimum atomic E-state index is -1.00. The second-order valence-corrected chi connectivity index (χ2v) is 5.61. The van der Waals surface area contributed by atoms with Crippen LogP contribution in [0.3, 0.4) is 0 Å². The molecule has 0 atom stereocenters. The maximum atomic E-state index is 14.2. The molecule has 4 nitrogen and oxygen atoms in total. The molecule has 0 saturated heterocycles. The molecule has 0 aromatic heterocycles. The number of hydrogen-bond acceptors (Lipinski definition) is 1. The van der Waals surface area contributed by atoms with Gasteiger partial charge in [0.1, 0.15) is 17.5 Å². The van der Waals surface area contributed by atoms with Crippen LogP contribution in [0.1, 0.15) is 33.5 Å². The van der Waals surface area contributed by atoms with E-state index < -0.39 is 23.4 Å². The molecule has 2 aromatic carbocycles. The first-order valence-corrected chi connectivity index (χ1v) is 7.49. The lowest BCUT2D eigenvalue weighted by molar-refractivity contribution is 0.100. The summed E-state index contributed by atoms with van der Waals surface area (Å²) < 4.78 is 41.5. The van der Waals surface area contributed by atoms with E-state index in [0.717, 1.165) is 5.56 Å². The molecular weight excluding hydrogens is 331 g/mol. The summed E-state index contributed by atoms with van der Waals surface area (Å²) >= 11 is 0. The van der Waals surface area contributed by atoms with Gasteiger partial charge in [0, 0.05) is 17.7 Å². The third kappa shape index (κ3) is 3.26. The number of rotatable bonds is 2. The van der Waals surface area contributed by atoms with E-state index in [1.807, 2.05) is 0 Å². The number of carbonyl (C=O) groups is 1. The first-order valence-electron chi connectivity index (χ1n) is 7.49. The highest BCUT2D eigenvalue weighted by atomic mass is 19.1. The summed E-state index contributed by atoms with van der Waals surface area (Å²) in [6.45, 7) is 0. The van der Waals surface area contributed by atoms with Crippen molar-refractivity contribution < 1.29 is 18.0 Å². The van der Waals surface area contributed by atoms with E-state index in [1.54, 1.807) is 18.2 Å². The molecule has 0 saturated carbocycles. The molecule has 0 bridgehead atoms. The minimum absolute atomic E-state index is 0.183. The Morgan fingerprint density at radius 3 is 2.36 bits per heavy atom. The molecule has 128 valence electrons. The van der Waals surface area contributed by atoms with Gasteiger partial charge in [0.15, 0.2) is 5.96 Å². The van der Waals surface area contributed by atoms with Crippen LogP contribution >= 0.6 is 0 Å². The second-order valence-electron chi connectivity index (χ2n) is 5.61. The van der Waals surface area contributed by atoms with E-state index >= 15 is 0 Å². The summed E-state index contributed by atoms with van der Waals surface area (Å²) in [7, 11) is 0. The Labute approximate surface area is 141 Å². The highest BCUT2D eigenvalue weighted by molar-refractivity contribution is 6.02. The monoisotopic (exact) mass is 345 g/mol. The lowest BCUT2D eigenvalue weighted by Gasteiger charge is -2.19. The first kappa shape index (κ1) is 16.8. The number of aliphatic imine (C=N–C) groups is 1. The van der Waals surface area contributed by atoms with Crippen molar-refractivity contribution >= 4 is 17.4 Å². The maximum absolute atomic E-state index is 14.2. The van der Waals surface area contributed by atoms with E-state index in [9.17, 15) is 18.0 Å². The van der Waals surface area contributed by atoms with Crippen LogP contribution in [0.4, 0.5) is 13.2 Å². The Bertz CT molecular complexity index is 908. The highest BCUT2D eigenvalue weighted by Crippen LogP contribution is 2.35. The summed E-state index contributed by atoms with van der Waals surface area (Å²) in [6, 6.07) is 5.98. The van der Waals surface area contributed by atoms with Crippen molar-refractivity contribution in [3.63, 3.8) is 0 Å². The van der Waals surface area contributed by atoms with Gasteiger partial charge in [-0.25, -0.2) is 13.2 Å². The predicted molar refractivity (Wildman–Crippen MR) is 88.3 cm³/mol. The standard InChI is InChI=1S/C18H14F3N3O/c19-11-7-14(20)16(15(21)8-11)12-3-1-2-9-4-5-10(6-13(9)12)17(25)24-18(22)23/h3-8H,1-2H2,(H4,22,23,24,25). The molecule has 1 aliphatic carbocycles. The number of nitrogens with two attached hydrogens (primary N) is 2. The molecule has 25 heavy (non-hydrogen) atoms. The lowest BCUT2D eigenvalue weighted by atomic mass is 9.85. The Hall–Kier alpha value is -3.09. The number of fused-ring (bicyclic) bond motifs is 1. The average Bonchev–Trinajstić information content (AvgIpc) is 2.53. The quantitative estimate of drug-likeness (QED) is 0.649. The number of allylic oxidation sites excluding steroid dienone is 1. The number of aryl methyl sites for hydroxylation is 1. The zero-order valence-corrected chi connectivity index (χ0v) is 13.0. The molecule has 0 fully saturated rings. The van der Waals surface area contributed by atoms with Gasteiger partial charge in [-0.2, -0.15) is 4.99 Å². The molecule has 0 spiro atoms. The van der Waals surface area contributed by atoms with Crippen LogP contribution < -0.4 is 11.5 Å². The van der Waals surface area contributed by atoms with Gasteiger partial charge >= 0.3 is 0 Å². The molecular formula is C18H14F3N3O. The Morgan fingerprint density at radius 2 is 1.72 bits per heavy atom. The second kappa shape index (κ2) is 6.43. The number of amides is 1. The maximum Gasteiger partial charge on any atom is 0.280 e. The topological polar surface area (TPSA) is 81.5 Å². The Kier molecular flexibility index (Phi) is 4.31. The van der Waals surface area contributed by atoms with E-state index in [1.165, 1.54) is 6.07 Å². The highest BCUT2D eigenvalue weighted by Gasteiger charge is 2.22. The van der Waals surface area contributed by atoms with E-state index in [2.05, 4.69) is 4.99 Å². The molecule has 0 heterocycles. The lowest BCUT2D eigenvalue weighted by Crippen LogP contribution is -2.24. The number of halogens is 3. The molecule has 7 heteroatoms. The van der Waals surface area contributed by atoms with Crippen molar-refractivity contribution in [2.45, 2.75) is 12.8 Å². The van der Waals surface area contributed by atoms with Gasteiger partial charge in [-0.1, -0.05) is 12.1 Å². The summed E-state index contributed by atoms with van der Waals surface area (Å²) in [5.74, 6) is -4.04. The van der Waals surface area contributed by atoms with Gasteiger partial charge < -0.3 is 11.5 Å². The summed E-state index contributed by atoms with van der Waals surface area (Å²) in [4.78, 5) is 15.5. The van der Waals surface area contributed by atoms with Crippen molar-refractivity contribution in [2.24, 2.45) is 16.5 Å². The molecule has 3 rings (SSSR count). The summed E-state index contributed by atoms with van der Waals surface area (Å²) in [6.07, 6.45) is 2.89. The fourth-order valence-corrected chi connectivity index (χ4v) is 2.88. The van der Waals surface area contributed by atoms with E-state index in [-0.39, 0.29) is 22.7 Å². The van der Waals surface area contributed by atoms with Crippen LogP contribution in [0.2, 0.25) is 0 Å². The number of guanidine groups is 1. The number of hydrogen-bond donors (Lipinski definition) is 2. The van der Waals surface area contributed by atoms with Crippen molar-refractivity contribution in [2.75, 3.05) is 0 Å². The van der Waals surface area contributed by atoms with Crippen LogP contribution in [0.15, 0.2) is 41.4 Å². The summed E-state index contributed by atoms with van der Waals surface area (Å²) in [5.41, 5.74) is 11.8. The van der Waals surface area contributed by atoms with Gasteiger partial charge in [0.2, 0.25) is 0 Å².